The van der Waals surface area contributed by atoms with Crippen LogP contribution in [0.3, 0.4) is 0 Å². The number of aliphatic carboxylic acids is 1. The van der Waals surface area contributed by atoms with Crippen LogP contribution < -0.4 is 10.2 Å². The normalized spacial score (nSPS) is 19.2. The van der Waals surface area contributed by atoms with Crippen LogP contribution >= 0.6 is 0 Å². The van der Waals surface area contributed by atoms with Gasteiger partial charge < -0.3 is 20.4 Å². The number of carboxylic acid groups (broad SMARTS) is 1. The molecule has 0 radical (unpaired) electrons. The molecule has 1 aliphatic rings. The average Bonchev–Trinajstić information content (AvgIpc) is 2.45. The number of carbonyl (C=O) groups is 1. The first-order valence-electron chi connectivity index (χ1n) is 6.32. The number of hydrogen-bond acceptors (Lipinski definition) is 6. The highest BCUT2D eigenvalue weighted by Crippen LogP contribution is 2.22. The van der Waals surface area contributed by atoms with Gasteiger partial charge in [-0.1, -0.05) is 0 Å². The van der Waals surface area contributed by atoms with Gasteiger partial charge in [0, 0.05) is 25.8 Å². The van der Waals surface area contributed by atoms with Crippen molar-refractivity contribution in [3.05, 3.63) is 12.4 Å². The number of anilines is 2. The molecule has 0 saturated carbocycles. The molecule has 7 heteroatoms. The molecule has 1 atom stereocenters. The highest BCUT2D eigenvalue weighted by atomic mass is 16.4. The van der Waals surface area contributed by atoms with Gasteiger partial charge in [-0.15, -0.1) is 0 Å². The summed E-state index contributed by atoms with van der Waals surface area (Å²) < 4.78 is 0. The summed E-state index contributed by atoms with van der Waals surface area (Å²) in [5.41, 5.74) is 0. The number of aliphatic hydroxyl groups is 1. The zero-order valence-electron chi connectivity index (χ0n) is 10.6. The van der Waals surface area contributed by atoms with Crippen LogP contribution in [0.5, 0.6) is 0 Å². The SMILES string of the molecule is O=C(O)CNc1cc(N2CCCC(CO)C2)ncn1. The molecule has 0 bridgehead atoms. The van der Waals surface area contributed by atoms with Crippen LogP contribution in [-0.2, 0) is 4.79 Å². The fourth-order valence-electron chi connectivity index (χ4n) is 2.20. The quantitative estimate of drug-likeness (QED) is 0.699. The molecule has 1 aromatic heterocycles. The van der Waals surface area contributed by atoms with Gasteiger partial charge in [0.2, 0.25) is 0 Å². The molecule has 104 valence electrons. The van der Waals surface area contributed by atoms with Gasteiger partial charge in [0.25, 0.3) is 0 Å². The second kappa shape index (κ2) is 6.33. The van der Waals surface area contributed by atoms with Gasteiger partial charge in [0.05, 0.1) is 0 Å². The van der Waals surface area contributed by atoms with Crippen LogP contribution in [0.1, 0.15) is 12.8 Å². The summed E-state index contributed by atoms with van der Waals surface area (Å²) in [5, 5.41) is 20.6. The van der Waals surface area contributed by atoms with Crippen molar-refractivity contribution >= 4 is 17.6 Å². The number of nitrogens with zero attached hydrogens (tertiary/aromatic N) is 3. The van der Waals surface area contributed by atoms with Gasteiger partial charge in [-0.05, 0) is 18.8 Å². The predicted octanol–water partition coefficient (Wildman–Crippen LogP) is 0.182. The fraction of sp³-hybridized carbons (Fsp3) is 0.583. The summed E-state index contributed by atoms with van der Waals surface area (Å²) in [5.74, 6) is 0.609. The van der Waals surface area contributed by atoms with Crippen molar-refractivity contribution in [3.63, 3.8) is 0 Å². The summed E-state index contributed by atoms with van der Waals surface area (Å²) in [7, 11) is 0. The van der Waals surface area contributed by atoms with Gasteiger partial charge in [0.1, 0.15) is 24.5 Å². The number of aliphatic hydroxyl groups excluding tert-OH is 1. The van der Waals surface area contributed by atoms with Crippen LogP contribution in [0.25, 0.3) is 0 Å². The minimum atomic E-state index is -0.932. The predicted molar refractivity (Wildman–Crippen MR) is 70.2 cm³/mol. The third kappa shape index (κ3) is 3.78. The molecule has 0 aliphatic carbocycles. The summed E-state index contributed by atoms with van der Waals surface area (Å²) in [6.07, 6.45) is 3.47. The van der Waals surface area contributed by atoms with Crippen LogP contribution in [0, 0.1) is 5.92 Å². The summed E-state index contributed by atoms with van der Waals surface area (Å²) >= 11 is 0. The van der Waals surface area contributed by atoms with E-state index in [4.69, 9.17) is 5.11 Å². The van der Waals surface area contributed by atoms with E-state index < -0.39 is 5.97 Å². The van der Waals surface area contributed by atoms with Crippen molar-refractivity contribution in [2.45, 2.75) is 12.8 Å². The lowest BCUT2D eigenvalue weighted by Crippen LogP contribution is -2.37. The average molecular weight is 266 g/mol. The lowest BCUT2D eigenvalue weighted by Gasteiger charge is -2.32. The first-order chi connectivity index (χ1) is 9.19. The van der Waals surface area contributed by atoms with Crippen molar-refractivity contribution in [1.29, 1.82) is 0 Å². The molecule has 0 aromatic carbocycles. The number of aromatic nitrogens is 2. The standard InChI is InChI=1S/C12H18N4O3/c17-7-9-2-1-3-16(6-9)11-4-10(14-8-15-11)13-5-12(18)19/h4,8-9,17H,1-3,5-7H2,(H,18,19)(H,13,14,15). The van der Waals surface area contributed by atoms with Crippen molar-refractivity contribution in [3.8, 4) is 0 Å². The Bertz CT molecular complexity index is 441. The summed E-state index contributed by atoms with van der Waals surface area (Å²) in [6.45, 7) is 1.68. The molecular weight excluding hydrogens is 248 g/mol. The third-order valence-electron chi connectivity index (χ3n) is 3.17. The molecule has 1 aliphatic heterocycles. The summed E-state index contributed by atoms with van der Waals surface area (Å²) in [4.78, 5) is 20.8. The van der Waals surface area contributed by atoms with Crippen molar-refractivity contribution in [1.82, 2.24) is 9.97 Å². The largest absolute Gasteiger partial charge is 0.480 e. The summed E-state index contributed by atoms with van der Waals surface area (Å²) in [6, 6.07) is 1.74. The molecule has 7 nitrogen and oxygen atoms in total. The zero-order valence-corrected chi connectivity index (χ0v) is 10.6. The Morgan fingerprint density at radius 3 is 3.11 bits per heavy atom. The smallest absolute Gasteiger partial charge is 0.322 e. The van der Waals surface area contributed by atoms with Crippen molar-refractivity contribution in [2.75, 3.05) is 36.5 Å². The van der Waals surface area contributed by atoms with Crippen molar-refractivity contribution in [2.24, 2.45) is 5.92 Å². The third-order valence-corrected chi connectivity index (χ3v) is 3.17. The second-order valence-corrected chi connectivity index (χ2v) is 4.65. The molecule has 0 amide bonds. The number of hydrogen-bond donors (Lipinski definition) is 3. The zero-order chi connectivity index (χ0) is 13.7. The monoisotopic (exact) mass is 266 g/mol. The molecule has 0 spiro atoms. The Morgan fingerprint density at radius 1 is 1.53 bits per heavy atom. The van der Waals surface area contributed by atoms with Gasteiger partial charge in [-0.3, -0.25) is 4.79 Å². The van der Waals surface area contributed by atoms with E-state index in [1.165, 1.54) is 6.33 Å². The number of carboxylic acids is 1. The molecular formula is C12H18N4O3. The highest BCUT2D eigenvalue weighted by Gasteiger charge is 2.20. The van der Waals surface area contributed by atoms with Crippen molar-refractivity contribution < 1.29 is 15.0 Å². The van der Waals surface area contributed by atoms with Crippen LogP contribution in [0.15, 0.2) is 12.4 Å². The lowest BCUT2D eigenvalue weighted by atomic mass is 9.99. The molecule has 19 heavy (non-hydrogen) atoms. The molecule has 2 heterocycles. The van der Waals surface area contributed by atoms with Gasteiger partial charge in [-0.2, -0.15) is 0 Å². The second-order valence-electron chi connectivity index (χ2n) is 4.65. The lowest BCUT2D eigenvalue weighted by molar-refractivity contribution is -0.134. The Labute approximate surface area is 111 Å². The Balaban J connectivity index is 2.03. The van der Waals surface area contributed by atoms with Gasteiger partial charge in [0.15, 0.2) is 0 Å². The number of nitrogens with one attached hydrogen (secondary N) is 1. The van der Waals surface area contributed by atoms with E-state index in [-0.39, 0.29) is 19.1 Å². The molecule has 1 saturated heterocycles. The Kier molecular flexibility index (Phi) is 4.51. The first kappa shape index (κ1) is 13.5. The molecule has 1 aromatic rings. The maximum atomic E-state index is 10.5. The minimum Gasteiger partial charge on any atom is -0.480 e. The van der Waals surface area contributed by atoms with Crippen LogP contribution in [0.2, 0.25) is 0 Å². The first-order valence-corrected chi connectivity index (χ1v) is 6.32. The maximum Gasteiger partial charge on any atom is 0.322 e. The van der Waals surface area contributed by atoms with E-state index >= 15 is 0 Å². The Morgan fingerprint density at radius 2 is 2.37 bits per heavy atom. The molecule has 1 unspecified atom stereocenters. The van der Waals surface area contributed by atoms with Crippen LogP contribution in [0.4, 0.5) is 11.6 Å². The molecule has 3 N–H and O–H groups in total. The topological polar surface area (TPSA) is 98.6 Å². The fourth-order valence-corrected chi connectivity index (χ4v) is 2.20. The van der Waals surface area contributed by atoms with Gasteiger partial charge >= 0.3 is 5.97 Å². The number of piperidine rings is 1. The van der Waals surface area contributed by atoms with Crippen LogP contribution in [-0.4, -0.2) is 52.4 Å². The Hall–Kier alpha value is -1.89. The molecule has 2 rings (SSSR count). The van der Waals surface area contributed by atoms with E-state index in [9.17, 15) is 9.90 Å². The van der Waals surface area contributed by atoms with E-state index in [0.29, 0.717) is 5.82 Å². The molecule has 1 fully saturated rings. The van der Waals surface area contributed by atoms with E-state index in [1.54, 1.807) is 6.07 Å². The van der Waals surface area contributed by atoms with Gasteiger partial charge in [-0.25, -0.2) is 9.97 Å². The van der Waals surface area contributed by atoms with E-state index in [1.807, 2.05) is 0 Å². The highest BCUT2D eigenvalue weighted by molar-refractivity contribution is 5.72. The van der Waals surface area contributed by atoms with E-state index in [2.05, 4.69) is 20.2 Å². The number of rotatable bonds is 5. The van der Waals surface area contributed by atoms with E-state index in [0.717, 1.165) is 31.7 Å². The maximum absolute atomic E-state index is 10.5. The minimum absolute atomic E-state index is 0.171.